The molecule has 0 radical (unpaired) electrons. The summed E-state index contributed by atoms with van der Waals surface area (Å²) in [4.78, 5) is 0. The van der Waals surface area contributed by atoms with Crippen molar-refractivity contribution in [1.29, 1.82) is 0 Å². The zero-order chi connectivity index (χ0) is 14.6. The average Bonchev–Trinajstić information content (AvgIpc) is 2.58. The van der Waals surface area contributed by atoms with Gasteiger partial charge in [-0.3, -0.25) is 0 Å². The Bertz CT molecular complexity index is 435. The smallest absolute Gasteiger partial charge is 0.0440 e. The fourth-order valence-corrected chi connectivity index (χ4v) is 2.59. The molecule has 0 aliphatic heterocycles. The molecule has 1 heterocycles. The van der Waals surface area contributed by atoms with E-state index in [-0.39, 0.29) is 0 Å². The van der Waals surface area contributed by atoms with Crippen molar-refractivity contribution in [2.75, 3.05) is 0 Å². The normalized spacial score (nSPS) is 13.7. The standard InChI is InChI=1S/C18H31N/c1-8-14(4)19-17(7)15(5)16(6)18(19)12-10-9-11-13(2)3/h10,12-14H,8-9,11H2,1-7H3/b12-10-. The second kappa shape index (κ2) is 6.98. The summed E-state index contributed by atoms with van der Waals surface area (Å²) in [6.45, 7) is 15.9. The minimum Gasteiger partial charge on any atom is -0.342 e. The molecular formula is C18H31N. The van der Waals surface area contributed by atoms with E-state index in [0.717, 1.165) is 5.92 Å². The number of nitrogens with zero attached hydrogens (tertiary/aromatic N) is 1. The highest BCUT2D eigenvalue weighted by Crippen LogP contribution is 2.27. The summed E-state index contributed by atoms with van der Waals surface area (Å²) in [7, 11) is 0. The summed E-state index contributed by atoms with van der Waals surface area (Å²) in [5, 5.41) is 0. The molecule has 0 aliphatic carbocycles. The Balaban J connectivity index is 3.02. The SMILES string of the molecule is CCC(C)n1c(C)c(C)c(C)c1/C=C\CCC(C)C. The lowest BCUT2D eigenvalue weighted by Crippen LogP contribution is -2.08. The molecule has 1 heteroatoms. The van der Waals surface area contributed by atoms with E-state index in [2.05, 4.69) is 65.2 Å². The molecule has 0 aliphatic rings. The van der Waals surface area contributed by atoms with Crippen LogP contribution in [0.1, 0.15) is 75.5 Å². The van der Waals surface area contributed by atoms with Crippen LogP contribution in [0.3, 0.4) is 0 Å². The number of hydrogen-bond donors (Lipinski definition) is 0. The van der Waals surface area contributed by atoms with Gasteiger partial charge >= 0.3 is 0 Å². The summed E-state index contributed by atoms with van der Waals surface area (Å²) in [6.07, 6.45) is 8.32. The molecule has 0 saturated carbocycles. The lowest BCUT2D eigenvalue weighted by atomic mass is 10.1. The molecule has 0 N–H and O–H groups in total. The highest BCUT2D eigenvalue weighted by Gasteiger charge is 2.15. The van der Waals surface area contributed by atoms with Crippen molar-refractivity contribution >= 4 is 6.08 Å². The molecule has 0 bridgehead atoms. The Kier molecular flexibility index (Phi) is 5.90. The van der Waals surface area contributed by atoms with Gasteiger partial charge in [0, 0.05) is 17.4 Å². The predicted molar refractivity (Wildman–Crippen MR) is 86.8 cm³/mol. The Hall–Kier alpha value is -0.980. The zero-order valence-electron chi connectivity index (χ0n) is 13.9. The van der Waals surface area contributed by atoms with Gasteiger partial charge in [0.2, 0.25) is 0 Å². The van der Waals surface area contributed by atoms with E-state index < -0.39 is 0 Å². The van der Waals surface area contributed by atoms with Gasteiger partial charge in [0.25, 0.3) is 0 Å². The maximum absolute atomic E-state index is 2.51. The molecule has 108 valence electrons. The van der Waals surface area contributed by atoms with E-state index in [1.54, 1.807) is 0 Å². The molecule has 1 unspecified atom stereocenters. The van der Waals surface area contributed by atoms with Gasteiger partial charge in [0.1, 0.15) is 0 Å². The highest BCUT2D eigenvalue weighted by molar-refractivity contribution is 5.55. The van der Waals surface area contributed by atoms with Crippen molar-refractivity contribution in [2.24, 2.45) is 5.92 Å². The molecule has 0 spiro atoms. The van der Waals surface area contributed by atoms with Crippen molar-refractivity contribution in [2.45, 2.75) is 73.8 Å². The van der Waals surface area contributed by atoms with Gasteiger partial charge in [-0.15, -0.1) is 0 Å². The van der Waals surface area contributed by atoms with Crippen molar-refractivity contribution in [1.82, 2.24) is 4.57 Å². The Labute approximate surface area is 119 Å². The van der Waals surface area contributed by atoms with Gasteiger partial charge in [-0.1, -0.05) is 26.8 Å². The molecule has 0 fully saturated rings. The van der Waals surface area contributed by atoms with E-state index in [4.69, 9.17) is 0 Å². The fourth-order valence-electron chi connectivity index (χ4n) is 2.59. The van der Waals surface area contributed by atoms with Crippen LogP contribution in [0.4, 0.5) is 0 Å². The average molecular weight is 261 g/mol. The highest BCUT2D eigenvalue weighted by atomic mass is 15.0. The van der Waals surface area contributed by atoms with Crippen LogP contribution >= 0.6 is 0 Å². The minimum atomic E-state index is 0.581. The summed E-state index contributed by atoms with van der Waals surface area (Å²) in [6, 6.07) is 0.581. The van der Waals surface area contributed by atoms with E-state index in [1.165, 1.54) is 41.8 Å². The summed E-state index contributed by atoms with van der Waals surface area (Å²) < 4.78 is 2.51. The lowest BCUT2D eigenvalue weighted by Gasteiger charge is -2.17. The third-order valence-electron chi connectivity index (χ3n) is 4.33. The Morgan fingerprint density at radius 2 is 1.68 bits per heavy atom. The summed E-state index contributed by atoms with van der Waals surface area (Å²) in [5.41, 5.74) is 5.73. The Morgan fingerprint density at radius 3 is 2.21 bits per heavy atom. The van der Waals surface area contributed by atoms with Crippen molar-refractivity contribution in [3.05, 3.63) is 28.6 Å². The maximum atomic E-state index is 2.51. The third kappa shape index (κ3) is 3.75. The van der Waals surface area contributed by atoms with E-state index >= 15 is 0 Å². The van der Waals surface area contributed by atoms with Crippen LogP contribution in [0.5, 0.6) is 0 Å². The third-order valence-corrected chi connectivity index (χ3v) is 4.33. The monoisotopic (exact) mass is 261 g/mol. The van der Waals surface area contributed by atoms with Gasteiger partial charge < -0.3 is 4.57 Å². The molecule has 1 aromatic heterocycles. The number of rotatable bonds is 6. The first-order valence-electron chi connectivity index (χ1n) is 7.74. The van der Waals surface area contributed by atoms with Crippen molar-refractivity contribution < 1.29 is 0 Å². The van der Waals surface area contributed by atoms with Crippen molar-refractivity contribution in [3.8, 4) is 0 Å². The van der Waals surface area contributed by atoms with Crippen LogP contribution in [0, 0.1) is 26.7 Å². The fraction of sp³-hybridized carbons (Fsp3) is 0.667. The van der Waals surface area contributed by atoms with Crippen molar-refractivity contribution in [3.63, 3.8) is 0 Å². The molecule has 19 heavy (non-hydrogen) atoms. The van der Waals surface area contributed by atoms with Gasteiger partial charge in [-0.2, -0.15) is 0 Å². The molecule has 1 aromatic rings. The van der Waals surface area contributed by atoms with Crippen LogP contribution < -0.4 is 0 Å². The second-order valence-corrected chi connectivity index (χ2v) is 6.22. The van der Waals surface area contributed by atoms with Crippen LogP contribution in [-0.2, 0) is 0 Å². The van der Waals surface area contributed by atoms with Gasteiger partial charge in [0.05, 0.1) is 0 Å². The Morgan fingerprint density at radius 1 is 1.05 bits per heavy atom. The quantitative estimate of drug-likeness (QED) is 0.607. The van der Waals surface area contributed by atoms with E-state index in [1.807, 2.05) is 0 Å². The van der Waals surface area contributed by atoms with E-state index in [0.29, 0.717) is 6.04 Å². The number of allylic oxidation sites excluding steroid dienone is 1. The van der Waals surface area contributed by atoms with Gasteiger partial charge in [-0.25, -0.2) is 0 Å². The topological polar surface area (TPSA) is 4.93 Å². The molecule has 1 atom stereocenters. The molecule has 0 aromatic carbocycles. The molecule has 0 saturated heterocycles. The lowest BCUT2D eigenvalue weighted by molar-refractivity contribution is 0.518. The number of aromatic nitrogens is 1. The van der Waals surface area contributed by atoms with Crippen LogP contribution in [0.15, 0.2) is 6.08 Å². The molecule has 1 rings (SSSR count). The van der Waals surface area contributed by atoms with Crippen LogP contribution in [0.2, 0.25) is 0 Å². The minimum absolute atomic E-state index is 0.581. The molecule has 1 nitrogen and oxygen atoms in total. The number of hydrogen-bond acceptors (Lipinski definition) is 0. The van der Waals surface area contributed by atoms with Crippen LogP contribution in [-0.4, -0.2) is 4.57 Å². The first-order valence-corrected chi connectivity index (χ1v) is 7.74. The largest absolute Gasteiger partial charge is 0.342 e. The predicted octanol–water partition coefficient (Wildman–Crippen LogP) is 5.83. The second-order valence-electron chi connectivity index (χ2n) is 6.22. The van der Waals surface area contributed by atoms with Gasteiger partial charge in [0.15, 0.2) is 0 Å². The van der Waals surface area contributed by atoms with E-state index in [9.17, 15) is 0 Å². The first-order chi connectivity index (χ1) is 8.90. The zero-order valence-corrected chi connectivity index (χ0v) is 13.9. The molecule has 0 amide bonds. The summed E-state index contributed by atoms with van der Waals surface area (Å²) in [5.74, 6) is 0.788. The maximum Gasteiger partial charge on any atom is 0.0440 e. The molecular weight excluding hydrogens is 230 g/mol. The van der Waals surface area contributed by atoms with Gasteiger partial charge in [-0.05, 0) is 70.1 Å². The van der Waals surface area contributed by atoms with Crippen LogP contribution in [0.25, 0.3) is 6.08 Å². The first kappa shape index (κ1) is 16.1. The summed E-state index contributed by atoms with van der Waals surface area (Å²) >= 11 is 0.